The molecule has 104 valence electrons. The number of rotatable bonds is 4. The molecule has 0 bridgehead atoms. The summed E-state index contributed by atoms with van der Waals surface area (Å²) in [5.74, 6) is 5.65. The van der Waals surface area contributed by atoms with Crippen LogP contribution in [0.4, 0.5) is 13.2 Å². The summed E-state index contributed by atoms with van der Waals surface area (Å²) in [6.07, 6.45) is -4.36. The van der Waals surface area contributed by atoms with E-state index in [-0.39, 0.29) is 6.61 Å². The first kappa shape index (κ1) is 15.3. The largest absolute Gasteiger partial charge is 0.468 e. The average Bonchev–Trinajstić information content (AvgIpc) is 2.32. The molecule has 1 aromatic rings. The van der Waals surface area contributed by atoms with Gasteiger partial charge in [0.25, 0.3) is 0 Å². The Kier molecular flexibility index (Phi) is 5.67. The number of aliphatic hydroxyl groups is 1. The smallest absolute Gasteiger partial charge is 0.411 e. The van der Waals surface area contributed by atoms with Crippen LogP contribution in [0.25, 0.3) is 0 Å². The van der Waals surface area contributed by atoms with Crippen LogP contribution in [0.3, 0.4) is 0 Å². The van der Waals surface area contributed by atoms with Gasteiger partial charge in [-0.25, -0.2) is 0 Å². The van der Waals surface area contributed by atoms with Crippen LogP contribution in [-0.2, 0) is 4.74 Å². The van der Waals surface area contributed by atoms with E-state index < -0.39 is 19.6 Å². The molecule has 0 radical (unpaired) electrons. The molecule has 19 heavy (non-hydrogen) atoms. The van der Waals surface area contributed by atoms with E-state index in [0.29, 0.717) is 5.75 Å². The zero-order valence-electron chi connectivity index (χ0n) is 10.3. The quantitative estimate of drug-likeness (QED) is 0.520. The van der Waals surface area contributed by atoms with Crippen LogP contribution in [0.1, 0.15) is 11.1 Å². The molecular formula is C13H13F3O3. The lowest BCUT2D eigenvalue weighted by molar-refractivity contribution is -0.186. The zero-order valence-corrected chi connectivity index (χ0v) is 10.3. The van der Waals surface area contributed by atoms with Gasteiger partial charge in [-0.2, -0.15) is 13.2 Å². The number of aliphatic hydroxyl groups excluding tert-OH is 1. The fraction of sp³-hybridized carbons (Fsp3) is 0.385. The second kappa shape index (κ2) is 7.02. The van der Waals surface area contributed by atoms with E-state index in [1.807, 2.05) is 0 Å². The van der Waals surface area contributed by atoms with E-state index in [2.05, 4.69) is 16.6 Å². The van der Waals surface area contributed by atoms with Crippen molar-refractivity contribution in [2.45, 2.75) is 13.1 Å². The Hall–Kier alpha value is -1.71. The molecule has 6 heteroatoms. The fourth-order valence-electron chi connectivity index (χ4n) is 1.27. The minimum atomic E-state index is -4.36. The van der Waals surface area contributed by atoms with Crippen molar-refractivity contribution >= 4 is 0 Å². The zero-order chi connectivity index (χ0) is 14.3. The van der Waals surface area contributed by atoms with Crippen molar-refractivity contribution in [3.63, 3.8) is 0 Å². The number of benzene rings is 1. The van der Waals surface area contributed by atoms with E-state index in [9.17, 15) is 13.2 Å². The number of ether oxygens (including phenoxy) is 2. The van der Waals surface area contributed by atoms with E-state index in [0.717, 1.165) is 11.1 Å². The summed E-state index contributed by atoms with van der Waals surface area (Å²) in [7, 11) is 0. The molecule has 0 aliphatic carbocycles. The topological polar surface area (TPSA) is 38.7 Å². The highest BCUT2D eigenvalue weighted by molar-refractivity contribution is 5.44. The van der Waals surface area contributed by atoms with Gasteiger partial charge in [0.05, 0.1) is 0 Å². The number of halogens is 3. The van der Waals surface area contributed by atoms with E-state index in [1.54, 1.807) is 25.1 Å². The summed E-state index contributed by atoms with van der Waals surface area (Å²) in [5, 5.41) is 8.58. The molecule has 0 amide bonds. The second-order valence-electron chi connectivity index (χ2n) is 3.66. The molecule has 0 aromatic heterocycles. The van der Waals surface area contributed by atoms with Crippen molar-refractivity contribution in [3.8, 4) is 17.6 Å². The number of hydrogen-bond acceptors (Lipinski definition) is 3. The van der Waals surface area contributed by atoms with Gasteiger partial charge in [-0.15, -0.1) is 0 Å². The molecule has 0 heterocycles. The van der Waals surface area contributed by atoms with Gasteiger partial charge >= 0.3 is 6.18 Å². The van der Waals surface area contributed by atoms with Crippen molar-refractivity contribution in [2.24, 2.45) is 0 Å². The van der Waals surface area contributed by atoms with Crippen LogP contribution in [0, 0.1) is 18.8 Å². The maximum absolute atomic E-state index is 11.8. The first-order chi connectivity index (χ1) is 8.92. The Morgan fingerprint density at radius 1 is 1.32 bits per heavy atom. The van der Waals surface area contributed by atoms with Crippen LogP contribution < -0.4 is 4.74 Å². The minimum absolute atomic E-state index is 0.233. The molecule has 0 unspecified atom stereocenters. The summed E-state index contributed by atoms with van der Waals surface area (Å²) in [6, 6.07) is 4.88. The van der Waals surface area contributed by atoms with E-state index in [4.69, 9.17) is 9.84 Å². The standard InChI is InChI=1S/C13H13F3O3/c1-10-7-12(5-4-11(10)3-2-6-17)19-9-18-8-13(14,15)16/h4-5,7,17H,6,8-9H2,1H3. The molecule has 3 nitrogen and oxygen atoms in total. The summed E-state index contributed by atoms with van der Waals surface area (Å²) in [4.78, 5) is 0. The SMILES string of the molecule is Cc1cc(OCOCC(F)(F)F)ccc1C#CCO. The summed E-state index contributed by atoms with van der Waals surface area (Å²) in [6.45, 7) is -0.263. The first-order valence-corrected chi connectivity index (χ1v) is 5.40. The molecule has 0 saturated heterocycles. The first-order valence-electron chi connectivity index (χ1n) is 5.40. The van der Waals surface area contributed by atoms with Gasteiger partial charge in [0, 0.05) is 5.56 Å². The Bertz CT molecular complexity index is 472. The summed E-state index contributed by atoms with van der Waals surface area (Å²) < 4.78 is 44.8. The Balaban J connectivity index is 2.50. The number of alkyl halides is 3. The fourth-order valence-corrected chi connectivity index (χ4v) is 1.27. The average molecular weight is 274 g/mol. The molecule has 0 aliphatic rings. The van der Waals surface area contributed by atoms with Crippen molar-refractivity contribution in [1.82, 2.24) is 0 Å². The molecule has 0 spiro atoms. The maximum atomic E-state index is 11.8. The van der Waals surface area contributed by atoms with Crippen molar-refractivity contribution < 1.29 is 27.8 Å². The predicted octanol–water partition coefficient (Wildman–Crippen LogP) is 2.25. The molecular weight excluding hydrogens is 261 g/mol. The molecule has 1 N–H and O–H groups in total. The Morgan fingerprint density at radius 3 is 2.63 bits per heavy atom. The molecule has 0 atom stereocenters. The highest BCUT2D eigenvalue weighted by Crippen LogP contribution is 2.18. The van der Waals surface area contributed by atoms with Crippen LogP contribution in [0.15, 0.2) is 18.2 Å². The number of hydrogen-bond donors (Lipinski definition) is 1. The summed E-state index contributed by atoms with van der Waals surface area (Å²) in [5.41, 5.74) is 1.52. The monoisotopic (exact) mass is 274 g/mol. The third-order valence-corrected chi connectivity index (χ3v) is 2.07. The van der Waals surface area contributed by atoms with Crippen LogP contribution >= 0.6 is 0 Å². The normalized spacial score (nSPS) is 10.8. The maximum Gasteiger partial charge on any atom is 0.411 e. The van der Waals surface area contributed by atoms with E-state index >= 15 is 0 Å². The second-order valence-corrected chi connectivity index (χ2v) is 3.66. The van der Waals surface area contributed by atoms with Gasteiger partial charge in [0.2, 0.25) is 0 Å². The van der Waals surface area contributed by atoms with Gasteiger partial charge in [0.15, 0.2) is 6.79 Å². The Morgan fingerprint density at radius 2 is 2.05 bits per heavy atom. The highest BCUT2D eigenvalue weighted by Gasteiger charge is 2.27. The molecule has 0 aliphatic heterocycles. The van der Waals surface area contributed by atoms with Gasteiger partial charge < -0.3 is 14.6 Å². The lowest BCUT2D eigenvalue weighted by atomic mass is 10.1. The Labute approximate surface area is 109 Å². The summed E-state index contributed by atoms with van der Waals surface area (Å²) >= 11 is 0. The van der Waals surface area contributed by atoms with Crippen LogP contribution in [-0.4, -0.2) is 31.3 Å². The lowest BCUT2D eigenvalue weighted by Crippen LogP contribution is -2.19. The lowest BCUT2D eigenvalue weighted by Gasteiger charge is -2.10. The van der Waals surface area contributed by atoms with Crippen LogP contribution in [0.2, 0.25) is 0 Å². The predicted molar refractivity (Wildman–Crippen MR) is 62.6 cm³/mol. The van der Waals surface area contributed by atoms with E-state index in [1.165, 1.54) is 0 Å². The molecule has 1 aromatic carbocycles. The van der Waals surface area contributed by atoms with Gasteiger partial charge in [0.1, 0.15) is 19.0 Å². The minimum Gasteiger partial charge on any atom is -0.468 e. The van der Waals surface area contributed by atoms with Crippen molar-refractivity contribution in [3.05, 3.63) is 29.3 Å². The van der Waals surface area contributed by atoms with Gasteiger partial charge in [-0.05, 0) is 30.7 Å². The van der Waals surface area contributed by atoms with Crippen molar-refractivity contribution in [2.75, 3.05) is 20.0 Å². The number of aryl methyl sites for hydroxylation is 1. The van der Waals surface area contributed by atoms with Crippen molar-refractivity contribution in [1.29, 1.82) is 0 Å². The molecule has 1 rings (SSSR count). The third kappa shape index (κ3) is 6.13. The molecule has 0 fully saturated rings. The van der Waals surface area contributed by atoms with Gasteiger partial charge in [-0.1, -0.05) is 11.8 Å². The van der Waals surface area contributed by atoms with Crippen LogP contribution in [0.5, 0.6) is 5.75 Å². The van der Waals surface area contributed by atoms with Gasteiger partial charge in [-0.3, -0.25) is 0 Å². The highest BCUT2D eigenvalue weighted by atomic mass is 19.4. The third-order valence-electron chi connectivity index (χ3n) is 2.07. The molecule has 0 saturated carbocycles.